The van der Waals surface area contributed by atoms with Crippen molar-refractivity contribution in [2.75, 3.05) is 11.4 Å². The van der Waals surface area contributed by atoms with Crippen LogP contribution >= 0.6 is 11.3 Å². The van der Waals surface area contributed by atoms with Gasteiger partial charge in [0.25, 0.3) is 0 Å². The molecule has 0 saturated carbocycles. The van der Waals surface area contributed by atoms with Gasteiger partial charge in [-0.05, 0) is 35.1 Å². The fourth-order valence-electron chi connectivity index (χ4n) is 3.37. The first-order chi connectivity index (χ1) is 11.9. The van der Waals surface area contributed by atoms with E-state index >= 15 is 0 Å². The van der Waals surface area contributed by atoms with Gasteiger partial charge in [-0.15, -0.1) is 11.3 Å². The highest BCUT2D eigenvalue weighted by Gasteiger charge is 2.20. The molecular weight excluding hydrogens is 316 g/mol. The highest BCUT2D eigenvalue weighted by molar-refractivity contribution is 7.13. The molecule has 0 atom stereocenters. The third kappa shape index (κ3) is 2.20. The summed E-state index contributed by atoms with van der Waals surface area (Å²) < 4.78 is 1.94. The fraction of sp³-hybridized carbons (Fsp3) is 0.158. The Kier molecular flexibility index (Phi) is 3.13. The van der Waals surface area contributed by atoms with Gasteiger partial charge in [0.15, 0.2) is 5.82 Å². The summed E-state index contributed by atoms with van der Waals surface area (Å²) in [5.74, 6) is 1.02. The molecule has 0 bridgehead atoms. The van der Waals surface area contributed by atoms with Crippen LogP contribution < -0.4 is 4.90 Å². The number of fused-ring (bicyclic) bond motifs is 2. The van der Waals surface area contributed by atoms with Crippen LogP contribution in [0.5, 0.6) is 0 Å². The van der Waals surface area contributed by atoms with Crippen molar-refractivity contribution >= 4 is 22.7 Å². The summed E-state index contributed by atoms with van der Waals surface area (Å²) in [5.41, 5.74) is 4.93. The lowest BCUT2D eigenvalue weighted by Gasteiger charge is -2.30. The Bertz CT molecular complexity index is 1000. The zero-order valence-electron chi connectivity index (χ0n) is 13.1. The molecule has 0 unspecified atom stereocenters. The van der Waals surface area contributed by atoms with Crippen LogP contribution in [0, 0.1) is 0 Å². The molecule has 0 saturated heterocycles. The number of thiophene rings is 1. The number of anilines is 1. The molecule has 4 aromatic rings. The minimum atomic E-state index is 0.905. The van der Waals surface area contributed by atoms with Crippen LogP contribution in [0.15, 0.2) is 60.2 Å². The Hall–Kier alpha value is -2.66. The predicted molar refractivity (Wildman–Crippen MR) is 97.5 cm³/mol. The largest absolute Gasteiger partial charge is 0.350 e. The van der Waals surface area contributed by atoms with Crippen molar-refractivity contribution in [3.8, 4) is 10.6 Å². The van der Waals surface area contributed by atoms with Crippen LogP contribution in [-0.2, 0) is 13.0 Å². The molecule has 0 N–H and O–H groups in total. The molecule has 4 heterocycles. The minimum absolute atomic E-state index is 0.905. The molecule has 3 aromatic heterocycles. The van der Waals surface area contributed by atoms with E-state index < -0.39 is 0 Å². The van der Waals surface area contributed by atoms with Crippen LogP contribution in [0.25, 0.3) is 16.1 Å². The van der Waals surface area contributed by atoms with E-state index in [1.807, 2.05) is 16.9 Å². The van der Waals surface area contributed by atoms with Gasteiger partial charge in [0.1, 0.15) is 11.2 Å². The summed E-state index contributed by atoms with van der Waals surface area (Å²) in [6.07, 6.45) is 4.83. The minimum Gasteiger partial charge on any atom is -0.350 e. The maximum Gasteiger partial charge on any atom is 0.155 e. The summed E-state index contributed by atoms with van der Waals surface area (Å²) in [7, 11) is 0. The van der Waals surface area contributed by atoms with Crippen molar-refractivity contribution in [3.05, 3.63) is 71.4 Å². The summed E-state index contributed by atoms with van der Waals surface area (Å²) in [5, 5.41) is 6.80. The van der Waals surface area contributed by atoms with Gasteiger partial charge < -0.3 is 4.90 Å². The lowest BCUT2D eigenvalue weighted by molar-refractivity contribution is 0.720. The molecule has 5 heteroatoms. The molecule has 0 spiro atoms. The van der Waals surface area contributed by atoms with E-state index in [9.17, 15) is 0 Å². The topological polar surface area (TPSA) is 33.4 Å². The maximum absolute atomic E-state index is 4.72. The first-order valence-corrected chi connectivity index (χ1v) is 8.96. The van der Waals surface area contributed by atoms with Crippen molar-refractivity contribution in [2.24, 2.45) is 0 Å². The van der Waals surface area contributed by atoms with Crippen LogP contribution in [0.1, 0.15) is 11.1 Å². The molecule has 0 aliphatic carbocycles. The number of rotatable bonds is 2. The molecule has 118 valence electrons. The van der Waals surface area contributed by atoms with Gasteiger partial charge >= 0.3 is 0 Å². The normalized spacial score (nSPS) is 14.1. The number of hydrogen-bond acceptors (Lipinski definition) is 4. The van der Waals surface area contributed by atoms with Crippen molar-refractivity contribution in [3.63, 3.8) is 0 Å². The lowest BCUT2D eigenvalue weighted by atomic mass is 10.00. The Morgan fingerprint density at radius 1 is 1.04 bits per heavy atom. The number of benzene rings is 1. The van der Waals surface area contributed by atoms with Gasteiger partial charge in [-0.2, -0.15) is 5.10 Å². The standard InChI is InChI=1S/C19H16N4S/c1-2-5-15-13-22(9-7-14(15)4-1)19-17-12-16(18-6-3-11-24-18)21-23(17)10-8-20-19/h1-6,8,10-12H,7,9,13H2. The van der Waals surface area contributed by atoms with Gasteiger partial charge in [-0.1, -0.05) is 30.3 Å². The Labute approximate surface area is 144 Å². The second-order valence-electron chi connectivity index (χ2n) is 6.03. The molecule has 5 rings (SSSR count). The monoisotopic (exact) mass is 332 g/mol. The first kappa shape index (κ1) is 13.7. The quantitative estimate of drug-likeness (QED) is 0.556. The molecule has 0 amide bonds. The third-order valence-corrected chi connectivity index (χ3v) is 5.47. The summed E-state index contributed by atoms with van der Waals surface area (Å²) >= 11 is 1.71. The number of nitrogens with zero attached hydrogens (tertiary/aromatic N) is 4. The van der Waals surface area contributed by atoms with Crippen LogP contribution in [0.2, 0.25) is 0 Å². The molecule has 24 heavy (non-hydrogen) atoms. The fourth-order valence-corrected chi connectivity index (χ4v) is 4.05. The van der Waals surface area contributed by atoms with Gasteiger partial charge in [-0.25, -0.2) is 9.50 Å². The first-order valence-electron chi connectivity index (χ1n) is 8.08. The Morgan fingerprint density at radius 2 is 1.96 bits per heavy atom. The van der Waals surface area contributed by atoms with E-state index in [2.05, 4.69) is 57.7 Å². The zero-order chi connectivity index (χ0) is 15.9. The smallest absolute Gasteiger partial charge is 0.155 e. The van der Waals surface area contributed by atoms with E-state index in [4.69, 9.17) is 5.10 Å². The van der Waals surface area contributed by atoms with Crippen molar-refractivity contribution in [1.29, 1.82) is 0 Å². The molecule has 4 nitrogen and oxygen atoms in total. The predicted octanol–water partition coefficient (Wildman–Crippen LogP) is 4.02. The van der Waals surface area contributed by atoms with Crippen LogP contribution in [0.4, 0.5) is 5.82 Å². The third-order valence-electron chi connectivity index (χ3n) is 4.57. The molecule has 0 fully saturated rings. The zero-order valence-corrected chi connectivity index (χ0v) is 13.9. The Morgan fingerprint density at radius 3 is 2.83 bits per heavy atom. The van der Waals surface area contributed by atoms with E-state index in [0.717, 1.165) is 36.5 Å². The number of hydrogen-bond donors (Lipinski definition) is 0. The molecule has 1 aromatic carbocycles. The highest BCUT2D eigenvalue weighted by Crippen LogP contribution is 2.30. The summed E-state index contributed by atoms with van der Waals surface area (Å²) in [4.78, 5) is 8.21. The van der Waals surface area contributed by atoms with E-state index in [1.54, 1.807) is 11.3 Å². The summed E-state index contributed by atoms with van der Waals surface area (Å²) in [6.45, 7) is 1.89. The van der Waals surface area contributed by atoms with Gasteiger partial charge in [-0.3, -0.25) is 0 Å². The molecule has 0 radical (unpaired) electrons. The molecule has 1 aliphatic heterocycles. The van der Waals surface area contributed by atoms with Gasteiger partial charge in [0.05, 0.1) is 4.88 Å². The number of aromatic nitrogens is 3. The molecular formula is C19H16N4S. The van der Waals surface area contributed by atoms with Crippen molar-refractivity contribution in [2.45, 2.75) is 13.0 Å². The second kappa shape index (κ2) is 5.46. The van der Waals surface area contributed by atoms with Crippen LogP contribution in [-0.4, -0.2) is 21.1 Å². The van der Waals surface area contributed by atoms with Crippen LogP contribution in [0.3, 0.4) is 0 Å². The van der Waals surface area contributed by atoms with Gasteiger partial charge in [0.2, 0.25) is 0 Å². The SMILES string of the molecule is c1csc(-c2cc3c(N4CCc5ccccc5C4)nccn3n2)c1. The average Bonchev–Trinajstić information content (AvgIpc) is 3.30. The van der Waals surface area contributed by atoms with E-state index in [0.29, 0.717) is 0 Å². The van der Waals surface area contributed by atoms with Crippen molar-refractivity contribution < 1.29 is 0 Å². The average molecular weight is 332 g/mol. The van der Waals surface area contributed by atoms with Crippen molar-refractivity contribution in [1.82, 2.24) is 14.6 Å². The Balaban J connectivity index is 1.58. The van der Waals surface area contributed by atoms with Gasteiger partial charge in [0, 0.05) is 25.5 Å². The van der Waals surface area contributed by atoms with E-state index in [-0.39, 0.29) is 0 Å². The lowest BCUT2D eigenvalue weighted by Crippen LogP contribution is -2.31. The maximum atomic E-state index is 4.72. The highest BCUT2D eigenvalue weighted by atomic mass is 32.1. The summed E-state index contributed by atoms with van der Waals surface area (Å²) in [6, 6.07) is 15.0. The molecule has 1 aliphatic rings. The van der Waals surface area contributed by atoms with E-state index in [1.165, 1.54) is 16.0 Å². The second-order valence-corrected chi connectivity index (χ2v) is 6.98.